The van der Waals surface area contributed by atoms with Crippen LogP contribution in [0.25, 0.3) is 10.9 Å². The van der Waals surface area contributed by atoms with E-state index in [1.54, 1.807) is 0 Å². The van der Waals surface area contributed by atoms with Gasteiger partial charge in [-0.05, 0) is 43.4 Å². The number of nitrogens with one attached hydrogen (secondary N) is 1. The Balaban J connectivity index is 1.84. The standard InChI is InChI=1S/C21H25N3/c1-23(2)12-16-11-22-21-17(16)9-10-18-19(13-24(3)14-20(18)21)15-7-5-4-6-8-15/h4-11,19,22H,12-14H2,1-3H3. The molecular weight excluding hydrogens is 294 g/mol. The van der Waals surface area contributed by atoms with Crippen molar-refractivity contribution in [2.24, 2.45) is 0 Å². The Kier molecular flexibility index (Phi) is 3.91. The minimum absolute atomic E-state index is 0.449. The van der Waals surface area contributed by atoms with E-state index in [1.165, 1.54) is 33.2 Å². The summed E-state index contributed by atoms with van der Waals surface area (Å²) >= 11 is 0. The SMILES string of the molecule is CN(C)Cc1c[nH]c2c3c(ccc12)C(c1ccccc1)CN(C)C3. The number of aromatic amines is 1. The van der Waals surface area contributed by atoms with Gasteiger partial charge in [-0.1, -0.05) is 42.5 Å². The smallest absolute Gasteiger partial charge is 0.0506 e. The first kappa shape index (κ1) is 15.4. The third kappa shape index (κ3) is 2.64. The Bertz CT molecular complexity index is 848. The Morgan fingerprint density at radius 2 is 1.92 bits per heavy atom. The van der Waals surface area contributed by atoms with Crippen molar-refractivity contribution in [1.82, 2.24) is 14.8 Å². The van der Waals surface area contributed by atoms with E-state index in [2.05, 4.69) is 84.6 Å². The number of fused-ring (bicyclic) bond motifs is 3. The lowest BCUT2D eigenvalue weighted by Gasteiger charge is -2.33. The summed E-state index contributed by atoms with van der Waals surface area (Å²) in [5, 5.41) is 1.37. The molecule has 0 amide bonds. The molecule has 0 saturated carbocycles. The third-order valence-corrected chi connectivity index (χ3v) is 5.07. The molecule has 2 heterocycles. The largest absolute Gasteiger partial charge is 0.361 e. The van der Waals surface area contributed by atoms with Gasteiger partial charge in [-0.25, -0.2) is 0 Å². The molecule has 2 aromatic carbocycles. The fraction of sp³-hybridized carbons (Fsp3) is 0.333. The van der Waals surface area contributed by atoms with Crippen LogP contribution in [0, 0.1) is 0 Å². The molecule has 3 aromatic rings. The van der Waals surface area contributed by atoms with Crippen molar-refractivity contribution in [2.45, 2.75) is 19.0 Å². The zero-order valence-electron chi connectivity index (χ0n) is 14.7. The van der Waals surface area contributed by atoms with Crippen LogP contribution in [0.1, 0.15) is 28.2 Å². The fourth-order valence-corrected chi connectivity index (χ4v) is 4.02. The molecule has 1 aromatic heterocycles. The highest BCUT2D eigenvalue weighted by atomic mass is 15.1. The van der Waals surface area contributed by atoms with E-state index in [-0.39, 0.29) is 0 Å². The highest BCUT2D eigenvalue weighted by Crippen LogP contribution is 2.37. The number of likely N-dealkylation sites (N-methyl/N-ethyl adjacent to an activating group) is 1. The van der Waals surface area contributed by atoms with Crippen molar-refractivity contribution in [3.05, 3.63) is 70.9 Å². The van der Waals surface area contributed by atoms with E-state index in [1.807, 2.05) is 0 Å². The van der Waals surface area contributed by atoms with Crippen molar-refractivity contribution >= 4 is 10.9 Å². The van der Waals surface area contributed by atoms with Gasteiger partial charge in [0.1, 0.15) is 0 Å². The second kappa shape index (κ2) is 6.08. The lowest BCUT2D eigenvalue weighted by atomic mass is 9.84. The van der Waals surface area contributed by atoms with Crippen molar-refractivity contribution in [3.63, 3.8) is 0 Å². The molecule has 1 atom stereocenters. The van der Waals surface area contributed by atoms with Crippen molar-refractivity contribution in [1.29, 1.82) is 0 Å². The summed E-state index contributed by atoms with van der Waals surface area (Å²) in [5.74, 6) is 0.449. The second-order valence-electron chi connectivity index (χ2n) is 7.27. The zero-order valence-corrected chi connectivity index (χ0v) is 14.7. The summed E-state index contributed by atoms with van der Waals surface area (Å²) in [6.07, 6.45) is 2.18. The van der Waals surface area contributed by atoms with Crippen LogP contribution in [-0.4, -0.2) is 42.5 Å². The van der Waals surface area contributed by atoms with Gasteiger partial charge in [0.05, 0.1) is 5.52 Å². The zero-order chi connectivity index (χ0) is 16.7. The Hall–Kier alpha value is -2.10. The molecule has 0 radical (unpaired) electrons. The fourth-order valence-electron chi connectivity index (χ4n) is 4.02. The maximum Gasteiger partial charge on any atom is 0.0506 e. The van der Waals surface area contributed by atoms with E-state index in [0.29, 0.717) is 5.92 Å². The van der Waals surface area contributed by atoms with Gasteiger partial charge < -0.3 is 14.8 Å². The summed E-state index contributed by atoms with van der Waals surface area (Å²) in [4.78, 5) is 8.22. The van der Waals surface area contributed by atoms with Crippen LogP contribution in [-0.2, 0) is 13.1 Å². The summed E-state index contributed by atoms with van der Waals surface area (Å²) in [6.45, 7) is 3.06. The Morgan fingerprint density at radius 1 is 1.12 bits per heavy atom. The molecule has 1 N–H and O–H groups in total. The van der Waals surface area contributed by atoms with Gasteiger partial charge in [-0.15, -0.1) is 0 Å². The van der Waals surface area contributed by atoms with Gasteiger partial charge in [0.25, 0.3) is 0 Å². The van der Waals surface area contributed by atoms with Crippen LogP contribution in [0.15, 0.2) is 48.7 Å². The van der Waals surface area contributed by atoms with Crippen molar-refractivity contribution < 1.29 is 0 Å². The van der Waals surface area contributed by atoms with Gasteiger partial charge in [0.15, 0.2) is 0 Å². The number of hydrogen-bond acceptors (Lipinski definition) is 2. The van der Waals surface area contributed by atoms with Crippen LogP contribution in [0.3, 0.4) is 0 Å². The number of aromatic nitrogens is 1. The topological polar surface area (TPSA) is 22.3 Å². The minimum Gasteiger partial charge on any atom is -0.361 e. The first-order valence-corrected chi connectivity index (χ1v) is 8.63. The Labute approximate surface area is 143 Å². The normalized spacial score (nSPS) is 18.2. The van der Waals surface area contributed by atoms with Crippen molar-refractivity contribution in [3.8, 4) is 0 Å². The number of H-pyrrole nitrogens is 1. The van der Waals surface area contributed by atoms with Crippen LogP contribution in [0.2, 0.25) is 0 Å². The monoisotopic (exact) mass is 319 g/mol. The average molecular weight is 319 g/mol. The van der Waals surface area contributed by atoms with E-state index in [0.717, 1.165) is 19.6 Å². The molecule has 0 fully saturated rings. The van der Waals surface area contributed by atoms with Gasteiger partial charge >= 0.3 is 0 Å². The van der Waals surface area contributed by atoms with Crippen LogP contribution >= 0.6 is 0 Å². The molecule has 0 saturated heterocycles. The highest BCUT2D eigenvalue weighted by molar-refractivity contribution is 5.87. The molecule has 3 nitrogen and oxygen atoms in total. The molecule has 1 aliphatic heterocycles. The predicted octanol–water partition coefficient (Wildman–Crippen LogP) is 3.81. The lowest BCUT2D eigenvalue weighted by molar-refractivity contribution is 0.296. The van der Waals surface area contributed by atoms with Crippen LogP contribution in [0.4, 0.5) is 0 Å². The number of rotatable bonds is 3. The van der Waals surface area contributed by atoms with Gasteiger partial charge in [-0.2, -0.15) is 0 Å². The summed E-state index contributed by atoms with van der Waals surface area (Å²) in [6, 6.07) is 15.6. The number of hydrogen-bond donors (Lipinski definition) is 1. The number of nitrogens with zero attached hydrogens (tertiary/aromatic N) is 2. The molecule has 1 unspecified atom stereocenters. The maximum absolute atomic E-state index is 3.56. The van der Waals surface area contributed by atoms with Crippen LogP contribution in [0.5, 0.6) is 0 Å². The first-order valence-electron chi connectivity index (χ1n) is 8.63. The van der Waals surface area contributed by atoms with E-state index < -0.39 is 0 Å². The molecule has 0 bridgehead atoms. The van der Waals surface area contributed by atoms with Gasteiger partial charge in [0.2, 0.25) is 0 Å². The molecule has 3 heteroatoms. The molecule has 24 heavy (non-hydrogen) atoms. The molecule has 1 aliphatic rings. The maximum atomic E-state index is 3.56. The predicted molar refractivity (Wildman–Crippen MR) is 100 cm³/mol. The van der Waals surface area contributed by atoms with E-state index in [9.17, 15) is 0 Å². The summed E-state index contributed by atoms with van der Waals surface area (Å²) in [5.41, 5.74) is 7.04. The van der Waals surface area contributed by atoms with Crippen molar-refractivity contribution in [2.75, 3.05) is 27.7 Å². The summed E-state index contributed by atoms with van der Waals surface area (Å²) in [7, 11) is 6.47. The lowest BCUT2D eigenvalue weighted by Crippen LogP contribution is -2.31. The molecule has 0 aliphatic carbocycles. The van der Waals surface area contributed by atoms with Crippen LogP contribution < -0.4 is 0 Å². The average Bonchev–Trinajstić information content (AvgIpc) is 2.97. The molecular formula is C21H25N3. The number of benzene rings is 2. The third-order valence-electron chi connectivity index (χ3n) is 5.07. The quantitative estimate of drug-likeness (QED) is 0.793. The molecule has 124 valence electrons. The molecule has 4 rings (SSSR count). The van der Waals surface area contributed by atoms with E-state index >= 15 is 0 Å². The van der Waals surface area contributed by atoms with E-state index in [4.69, 9.17) is 0 Å². The Morgan fingerprint density at radius 3 is 2.67 bits per heavy atom. The summed E-state index contributed by atoms with van der Waals surface area (Å²) < 4.78 is 0. The van der Waals surface area contributed by atoms with Gasteiger partial charge in [-0.3, -0.25) is 0 Å². The molecule has 0 spiro atoms. The first-order chi connectivity index (χ1) is 11.6. The second-order valence-corrected chi connectivity index (χ2v) is 7.27. The minimum atomic E-state index is 0.449. The van der Waals surface area contributed by atoms with Gasteiger partial charge in [0, 0.05) is 37.1 Å². The highest BCUT2D eigenvalue weighted by Gasteiger charge is 2.26.